The number of rotatable bonds is 4. The molecule has 1 saturated carbocycles. The summed E-state index contributed by atoms with van der Waals surface area (Å²) in [5, 5.41) is 33.2. The van der Waals surface area contributed by atoms with Gasteiger partial charge >= 0.3 is 0 Å². The number of hydrogen-bond donors (Lipinski definition) is 4. The molecule has 0 unspecified atom stereocenters. The molecule has 142 valence electrons. The first kappa shape index (κ1) is 17.7. The smallest absolute Gasteiger partial charge is 0.165 e. The molecule has 1 aliphatic heterocycles. The van der Waals surface area contributed by atoms with Crippen molar-refractivity contribution in [3.05, 3.63) is 18.6 Å². The molecule has 0 bridgehead atoms. The lowest BCUT2D eigenvalue weighted by Crippen LogP contribution is -2.33. The molecular weight excluding hydrogens is 336 g/mol. The summed E-state index contributed by atoms with van der Waals surface area (Å²) < 4.78 is 7.23. The maximum absolute atomic E-state index is 10.3. The Balaban J connectivity index is 1.61. The lowest BCUT2D eigenvalue weighted by Gasteiger charge is -2.19. The molecule has 1 saturated heterocycles. The summed E-state index contributed by atoms with van der Waals surface area (Å²) in [4.78, 5) is 8.86. The number of pyridine rings is 1. The topological polar surface area (TPSA) is 113 Å². The minimum absolute atomic E-state index is 0.358. The predicted molar refractivity (Wildman–Crippen MR) is 95.7 cm³/mol. The first-order chi connectivity index (χ1) is 12.7. The van der Waals surface area contributed by atoms with Gasteiger partial charge in [-0.1, -0.05) is 25.7 Å². The molecule has 26 heavy (non-hydrogen) atoms. The second-order valence-corrected chi connectivity index (χ2v) is 7.24. The van der Waals surface area contributed by atoms with Crippen molar-refractivity contribution in [3.8, 4) is 0 Å². The van der Waals surface area contributed by atoms with Gasteiger partial charge in [-0.15, -0.1) is 0 Å². The molecule has 0 radical (unpaired) electrons. The number of hydrogen-bond acceptors (Lipinski definition) is 7. The summed E-state index contributed by atoms with van der Waals surface area (Å²) in [6.07, 6.45) is 6.71. The zero-order valence-corrected chi connectivity index (χ0v) is 14.7. The number of nitrogens with one attached hydrogen (secondary N) is 1. The molecule has 0 amide bonds. The van der Waals surface area contributed by atoms with Gasteiger partial charge in [-0.3, -0.25) is 4.57 Å². The highest BCUT2D eigenvalue weighted by atomic mass is 16.6. The fraction of sp³-hybridized carbons (Fsp3) is 0.667. The molecule has 3 heterocycles. The van der Waals surface area contributed by atoms with Crippen LogP contribution in [0.5, 0.6) is 0 Å². The van der Waals surface area contributed by atoms with Gasteiger partial charge in [-0.2, -0.15) is 0 Å². The predicted octanol–water partition coefficient (Wildman–Crippen LogP) is 1.18. The van der Waals surface area contributed by atoms with Crippen LogP contribution in [0.4, 0.5) is 5.69 Å². The number of aliphatic hydroxyl groups is 3. The van der Waals surface area contributed by atoms with Crippen molar-refractivity contribution in [2.75, 3.05) is 11.9 Å². The number of anilines is 1. The van der Waals surface area contributed by atoms with Crippen LogP contribution < -0.4 is 5.32 Å². The molecule has 2 aromatic heterocycles. The van der Waals surface area contributed by atoms with E-state index in [0.717, 1.165) is 24.0 Å². The number of aromatic nitrogens is 3. The normalized spacial score (nSPS) is 30.6. The van der Waals surface area contributed by atoms with Crippen molar-refractivity contribution >= 4 is 16.9 Å². The highest BCUT2D eigenvalue weighted by molar-refractivity contribution is 5.85. The van der Waals surface area contributed by atoms with Crippen molar-refractivity contribution < 1.29 is 20.1 Å². The first-order valence-electron chi connectivity index (χ1n) is 9.39. The summed E-state index contributed by atoms with van der Waals surface area (Å²) in [6.45, 7) is -0.358. The third-order valence-electron chi connectivity index (χ3n) is 5.47. The van der Waals surface area contributed by atoms with Crippen molar-refractivity contribution in [3.63, 3.8) is 0 Å². The Morgan fingerprint density at radius 3 is 2.58 bits per heavy atom. The van der Waals surface area contributed by atoms with Crippen molar-refractivity contribution in [1.29, 1.82) is 0 Å². The van der Waals surface area contributed by atoms with E-state index >= 15 is 0 Å². The fourth-order valence-corrected chi connectivity index (χ4v) is 3.99. The van der Waals surface area contributed by atoms with Crippen LogP contribution in [-0.2, 0) is 4.74 Å². The lowest BCUT2D eigenvalue weighted by molar-refractivity contribution is -0.0511. The minimum Gasteiger partial charge on any atom is -0.394 e. The first-order valence-corrected chi connectivity index (χ1v) is 9.39. The summed E-state index contributed by atoms with van der Waals surface area (Å²) in [6, 6.07) is 2.35. The number of fused-ring (bicyclic) bond motifs is 1. The van der Waals surface area contributed by atoms with Crippen LogP contribution >= 0.6 is 0 Å². The third kappa shape index (κ3) is 3.18. The quantitative estimate of drug-likeness (QED) is 0.604. The zero-order valence-electron chi connectivity index (χ0n) is 14.7. The van der Waals surface area contributed by atoms with E-state index in [1.807, 2.05) is 6.07 Å². The Morgan fingerprint density at radius 1 is 1.12 bits per heavy atom. The van der Waals surface area contributed by atoms with Gasteiger partial charge < -0.3 is 25.4 Å². The second kappa shape index (κ2) is 7.48. The van der Waals surface area contributed by atoms with Crippen LogP contribution in [0.3, 0.4) is 0 Å². The van der Waals surface area contributed by atoms with Gasteiger partial charge in [-0.25, -0.2) is 9.97 Å². The highest BCUT2D eigenvalue weighted by Gasteiger charge is 2.44. The average molecular weight is 362 g/mol. The maximum Gasteiger partial charge on any atom is 0.165 e. The van der Waals surface area contributed by atoms with Crippen molar-refractivity contribution in [1.82, 2.24) is 14.5 Å². The van der Waals surface area contributed by atoms with Gasteiger partial charge in [-0.05, 0) is 18.9 Å². The third-order valence-corrected chi connectivity index (χ3v) is 5.47. The molecule has 4 N–H and O–H groups in total. The number of imidazole rings is 1. The van der Waals surface area contributed by atoms with E-state index in [2.05, 4.69) is 15.3 Å². The largest absolute Gasteiger partial charge is 0.394 e. The van der Waals surface area contributed by atoms with Crippen LogP contribution in [0.2, 0.25) is 0 Å². The number of aliphatic hydroxyl groups excluding tert-OH is 3. The Bertz CT molecular complexity index is 744. The Kier molecular flexibility index (Phi) is 5.08. The molecule has 8 nitrogen and oxygen atoms in total. The molecule has 2 aromatic rings. The van der Waals surface area contributed by atoms with E-state index in [-0.39, 0.29) is 6.61 Å². The van der Waals surface area contributed by atoms with Crippen LogP contribution in [0.1, 0.15) is 44.8 Å². The standard InChI is InChI=1S/C18H26N4O4/c23-9-13-15(24)16(25)18(26-13)22-10-20-14-12(7-8-19-17(14)22)21-11-5-3-1-2-4-6-11/h7-8,10-11,13,15-16,18,23-25H,1-6,9H2,(H,19,21)/t13-,15-,16-,18-/m1/s1. The van der Waals surface area contributed by atoms with Gasteiger partial charge in [0.1, 0.15) is 23.8 Å². The van der Waals surface area contributed by atoms with Gasteiger partial charge in [0.25, 0.3) is 0 Å². The Morgan fingerprint density at radius 2 is 1.88 bits per heavy atom. The van der Waals surface area contributed by atoms with Gasteiger partial charge in [0.15, 0.2) is 11.9 Å². The molecule has 2 fully saturated rings. The maximum atomic E-state index is 10.3. The Labute approximate surface area is 151 Å². The number of nitrogens with zero attached hydrogens (tertiary/aromatic N) is 3. The minimum atomic E-state index is -1.15. The molecule has 4 rings (SSSR count). The van der Waals surface area contributed by atoms with E-state index in [1.54, 1.807) is 17.1 Å². The molecular formula is C18H26N4O4. The molecule has 8 heteroatoms. The van der Waals surface area contributed by atoms with E-state index < -0.39 is 24.5 Å². The monoisotopic (exact) mass is 362 g/mol. The van der Waals surface area contributed by atoms with Crippen LogP contribution in [0, 0.1) is 0 Å². The molecule has 0 spiro atoms. The fourth-order valence-electron chi connectivity index (χ4n) is 3.99. The van der Waals surface area contributed by atoms with Crippen molar-refractivity contribution in [2.45, 2.75) is 69.1 Å². The van der Waals surface area contributed by atoms with Crippen LogP contribution in [0.15, 0.2) is 18.6 Å². The van der Waals surface area contributed by atoms with E-state index in [1.165, 1.54) is 25.7 Å². The summed E-state index contributed by atoms with van der Waals surface area (Å²) in [5.41, 5.74) is 2.22. The lowest BCUT2D eigenvalue weighted by atomic mass is 10.1. The molecule has 0 aromatic carbocycles. The van der Waals surface area contributed by atoms with Gasteiger partial charge in [0, 0.05) is 12.2 Å². The van der Waals surface area contributed by atoms with E-state index in [0.29, 0.717) is 11.7 Å². The van der Waals surface area contributed by atoms with Crippen LogP contribution in [0.25, 0.3) is 11.2 Å². The molecule has 4 atom stereocenters. The van der Waals surface area contributed by atoms with Gasteiger partial charge in [0.05, 0.1) is 18.6 Å². The molecule has 1 aliphatic carbocycles. The SMILES string of the molecule is OC[C@H]1O[C@@H](n2cnc3c(NC4CCCCCC4)ccnc32)[C@H](O)[C@@H]1O. The van der Waals surface area contributed by atoms with E-state index in [4.69, 9.17) is 4.74 Å². The second-order valence-electron chi connectivity index (χ2n) is 7.24. The summed E-state index contributed by atoms with van der Waals surface area (Å²) in [5.74, 6) is 0. The molecule has 2 aliphatic rings. The van der Waals surface area contributed by atoms with Crippen LogP contribution in [-0.4, -0.2) is 60.8 Å². The van der Waals surface area contributed by atoms with Gasteiger partial charge in [0.2, 0.25) is 0 Å². The summed E-state index contributed by atoms with van der Waals surface area (Å²) >= 11 is 0. The Hall–Kier alpha value is -1.74. The van der Waals surface area contributed by atoms with Crippen molar-refractivity contribution in [2.24, 2.45) is 0 Å². The highest BCUT2D eigenvalue weighted by Crippen LogP contribution is 2.33. The number of ether oxygens (including phenoxy) is 1. The average Bonchev–Trinajstić information content (AvgIpc) is 3.08. The summed E-state index contributed by atoms with van der Waals surface area (Å²) in [7, 11) is 0. The zero-order chi connectivity index (χ0) is 18.1. The van der Waals surface area contributed by atoms with E-state index in [9.17, 15) is 15.3 Å².